The van der Waals surface area contributed by atoms with Gasteiger partial charge < -0.3 is 30.4 Å². The fourth-order valence-electron chi connectivity index (χ4n) is 7.12. The second-order valence-electron chi connectivity index (χ2n) is 14.2. The maximum Gasteiger partial charge on any atom is 0.266 e. The summed E-state index contributed by atoms with van der Waals surface area (Å²) in [6.07, 6.45) is 3.48. The highest BCUT2D eigenvalue weighted by Crippen LogP contribution is 2.27. The quantitative estimate of drug-likeness (QED) is 0.122. The summed E-state index contributed by atoms with van der Waals surface area (Å²) in [4.78, 5) is 48.6. The lowest BCUT2D eigenvalue weighted by atomic mass is 9.91. The van der Waals surface area contributed by atoms with Crippen molar-refractivity contribution in [3.8, 4) is 0 Å². The fourth-order valence-corrected chi connectivity index (χ4v) is 7.98. The summed E-state index contributed by atoms with van der Waals surface area (Å²) in [5.41, 5.74) is 9.26. The molecule has 0 aliphatic carbocycles. The predicted molar refractivity (Wildman–Crippen MR) is 205 cm³/mol. The first-order valence-corrected chi connectivity index (χ1v) is 20.5. The second-order valence-corrected chi connectivity index (χ2v) is 16.4. The van der Waals surface area contributed by atoms with Crippen LogP contribution in [0.3, 0.4) is 0 Å². The number of aromatic nitrogens is 1. The molecule has 1 aromatic heterocycles. The summed E-state index contributed by atoms with van der Waals surface area (Å²) in [5.74, 6) is -1.45. The minimum absolute atomic E-state index is 0.0457. The molecule has 0 spiro atoms. The number of Topliss-reactive ketones (excluding diaryl/α,β-unsaturated/α-hetero) is 1. The predicted octanol–water partition coefficient (Wildman–Crippen LogP) is 3.73. The van der Waals surface area contributed by atoms with E-state index in [4.69, 9.17) is 26.5 Å². The van der Waals surface area contributed by atoms with E-state index in [1.54, 1.807) is 36.4 Å². The molecule has 3 aromatic carbocycles. The standard InChI is InChI=1S/C39H47ClN6O7S/c1-54(50,51)45-32(15-12-25-16-18-42-19-17-25)39(49)46-23-30(52-24-28-10-13-29(40)14-11-28)21-34(46)37(48)43-33(20-26-6-8-27(22-41)9-7-26)36(47)38-44-31-4-2-3-5-35(31)53-38/h2-11,13-14,25,30,32-34,42,45H,12,15-24,41H2,1H3,(H,43,48)/t30-,32-,33+,34+/m1/s1. The number of ether oxygens (including phenoxy) is 1. The van der Waals surface area contributed by atoms with Gasteiger partial charge in [-0.1, -0.05) is 60.1 Å². The van der Waals surface area contributed by atoms with E-state index in [-0.39, 0.29) is 38.3 Å². The number of sulfonamides is 1. The number of halogens is 1. The summed E-state index contributed by atoms with van der Waals surface area (Å²) in [6, 6.07) is 18.3. The van der Waals surface area contributed by atoms with Gasteiger partial charge in [0.05, 0.1) is 19.0 Å². The Hall–Kier alpha value is -4.18. The summed E-state index contributed by atoms with van der Waals surface area (Å²) in [6.45, 7) is 2.33. The Morgan fingerprint density at radius 3 is 2.37 bits per heavy atom. The molecule has 2 aliphatic heterocycles. The van der Waals surface area contributed by atoms with Crippen LogP contribution in [0, 0.1) is 5.92 Å². The molecule has 0 unspecified atom stereocenters. The van der Waals surface area contributed by atoms with Crippen LogP contribution in [0.4, 0.5) is 0 Å². The molecular formula is C39H47ClN6O7S. The lowest BCUT2D eigenvalue weighted by Gasteiger charge is -2.30. The first-order chi connectivity index (χ1) is 26.0. The average molecular weight is 779 g/mol. The van der Waals surface area contributed by atoms with E-state index in [0.29, 0.717) is 35.0 Å². The first-order valence-electron chi connectivity index (χ1n) is 18.3. The summed E-state index contributed by atoms with van der Waals surface area (Å²) < 4.78 is 39.7. The number of ketones is 1. The van der Waals surface area contributed by atoms with E-state index in [1.807, 2.05) is 36.4 Å². The van der Waals surface area contributed by atoms with Crippen molar-refractivity contribution in [1.29, 1.82) is 0 Å². The zero-order chi connectivity index (χ0) is 38.2. The maximum atomic E-state index is 14.4. The molecule has 3 heterocycles. The van der Waals surface area contributed by atoms with Gasteiger partial charge in [0.2, 0.25) is 27.6 Å². The van der Waals surface area contributed by atoms with Crippen molar-refractivity contribution in [2.24, 2.45) is 11.7 Å². The molecule has 13 nitrogen and oxygen atoms in total. The molecule has 2 amide bonds. The van der Waals surface area contributed by atoms with Crippen molar-refractivity contribution >= 4 is 50.3 Å². The van der Waals surface area contributed by atoms with Crippen molar-refractivity contribution < 1.29 is 32.0 Å². The number of nitrogens with one attached hydrogen (secondary N) is 3. The smallest absolute Gasteiger partial charge is 0.266 e. The van der Waals surface area contributed by atoms with Crippen LogP contribution in [0.5, 0.6) is 0 Å². The number of benzene rings is 3. The Kier molecular flexibility index (Phi) is 13.1. The van der Waals surface area contributed by atoms with Crippen molar-refractivity contribution in [3.63, 3.8) is 0 Å². The molecule has 2 aliphatic rings. The van der Waals surface area contributed by atoms with Gasteiger partial charge >= 0.3 is 0 Å². The van der Waals surface area contributed by atoms with E-state index in [2.05, 4.69) is 20.3 Å². The largest absolute Gasteiger partial charge is 0.434 e. The third-order valence-electron chi connectivity index (χ3n) is 10.1. The number of para-hydroxylation sites is 2. The molecule has 0 bridgehead atoms. The number of fused-ring (bicyclic) bond motifs is 1. The number of nitrogens with zero attached hydrogens (tertiary/aromatic N) is 2. The van der Waals surface area contributed by atoms with Crippen molar-refractivity contribution in [3.05, 3.63) is 100 Å². The molecule has 2 saturated heterocycles. The second kappa shape index (κ2) is 18.0. The third-order valence-corrected chi connectivity index (χ3v) is 11.0. The molecule has 15 heteroatoms. The Labute approximate surface area is 320 Å². The number of rotatable bonds is 16. The van der Waals surface area contributed by atoms with Crippen LogP contribution >= 0.6 is 11.6 Å². The van der Waals surface area contributed by atoms with Gasteiger partial charge in [-0.15, -0.1) is 0 Å². The summed E-state index contributed by atoms with van der Waals surface area (Å²) >= 11 is 6.07. The highest BCUT2D eigenvalue weighted by atomic mass is 35.5. The van der Waals surface area contributed by atoms with Crippen molar-refractivity contribution in [2.75, 3.05) is 25.9 Å². The van der Waals surface area contributed by atoms with Crippen LogP contribution in [-0.2, 0) is 43.9 Å². The van der Waals surface area contributed by atoms with Crippen molar-refractivity contribution in [1.82, 2.24) is 25.2 Å². The number of hydrogen-bond donors (Lipinski definition) is 4. The van der Waals surface area contributed by atoms with E-state index in [1.165, 1.54) is 4.90 Å². The fraction of sp³-hybridized carbons (Fsp3) is 0.436. The lowest BCUT2D eigenvalue weighted by Crippen LogP contribution is -2.55. The highest BCUT2D eigenvalue weighted by Gasteiger charge is 2.44. The van der Waals surface area contributed by atoms with Crippen LogP contribution < -0.4 is 21.1 Å². The highest BCUT2D eigenvalue weighted by molar-refractivity contribution is 7.88. The minimum Gasteiger partial charge on any atom is -0.434 e. The number of nitrogens with two attached hydrogens (primary N) is 1. The number of oxazole rings is 1. The Balaban J connectivity index is 1.26. The lowest BCUT2D eigenvalue weighted by molar-refractivity contribution is -0.140. The topological polar surface area (TPSA) is 186 Å². The molecule has 288 valence electrons. The van der Waals surface area contributed by atoms with E-state index in [0.717, 1.165) is 48.9 Å². The molecule has 4 atom stereocenters. The van der Waals surface area contributed by atoms with Crippen LogP contribution in [0.15, 0.2) is 77.2 Å². The number of hydrogen-bond acceptors (Lipinski definition) is 10. The number of piperidine rings is 1. The normalized spacial score (nSPS) is 19.1. The number of carbonyl (C=O) groups excluding carboxylic acids is 3. The first kappa shape index (κ1) is 39.5. The van der Waals surface area contributed by atoms with Crippen LogP contribution in [-0.4, -0.2) is 86.0 Å². The SMILES string of the molecule is CS(=O)(=O)N[C@H](CCC1CCNCC1)C(=O)N1C[C@H](OCc2ccc(Cl)cc2)C[C@H]1C(=O)N[C@@H](Cc1ccc(CN)cc1)C(=O)c1nc2ccccc2o1. The molecule has 2 fully saturated rings. The zero-order valence-corrected chi connectivity index (χ0v) is 31.8. The molecule has 5 N–H and O–H groups in total. The molecular weight excluding hydrogens is 732 g/mol. The van der Waals surface area contributed by atoms with E-state index in [9.17, 15) is 22.8 Å². The average Bonchev–Trinajstić information content (AvgIpc) is 3.81. The maximum absolute atomic E-state index is 14.4. The third kappa shape index (κ3) is 10.5. The summed E-state index contributed by atoms with van der Waals surface area (Å²) in [5, 5.41) is 6.82. The number of carbonyl (C=O) groups is 3. The Morgan fingerprint density at radius 2 is 1.69 bits per heavy atom. The molecule has 0 saturated carbocycles. The monoisotopic (exact) mass is 778 g/mol. The van der Waals surface area contributed by atoms with Crippen LogP contribution in [0.2, 0.25) is 5.02 Å². The van der Waals surface area contributed by atoms with Gasteiger partial charge in [-0.05, 0) is 85.6 Å². The van der Waals surface area contributed by atoms with E-state index >= 15 is 0 Å². The van der Waals surface area contributed by atoms with Crippen LogP contribution in [0.1, 0.15) is 59.5 Å². The summed E-state index contributed by atoms with van der Waals surface area (Å²) in [7, 11) is -3.79. The Morgan fingerprint density at radius 1 is 1.00 bits per heavy atom. The minimum atomic E-state index is -3.79. The molecule has 4 aromatic rings. The Bertz CT molecular complexity index is 1990. The zero-order valence-electron chi connectivity index (χ0n) is 30.2. The van der Waals surface area contributed by atoms with Crippen molar-refractivity contribution in [2.45, 2.75) is 75.9 Å². The molecule has 54 heavy (non-hydrogen) atoms. The number of amides is 2. The van der Waals surface area contributed by atoms with Gasteiger partial charge in [0.1, 0.15) is 23.6 Å². The van der Waals surface area contributed by atoms with Gasteiger partial charge in [0.15, 0.2) is 5.58 Å². The van der Waals surface area contributed by atoms with Gasteiger partial charge in [0.25, 0.3) is 5.89 Å². The van der Waals surface area contributed by atoms with Gasteiger partial charge in [-0.2, -0.15) is 0 Å². The van der Waals surface area contributed by atoms with Crippen LogP contribution in [0.25, 0.3) is 11.1 Å². The molecule has 6 rings (SSSR count). The van der Waals surface area contributed by atoms with E-state index < -0.39 is 51.9 Å². The molecule has 0 radical (unpaired) electrons. The van der Waals surface area contributed by atoms with Gasteiger partial charge in [-0.25, -0.2) is 18.1 Å². The van der Waals surface area contributed by atoms with Gasteiger partial charge in [0, 0.05) is 31.0 Å². The number of likely N-dealkylation sites (tertiary alicyclic amines) is 1. The van der Waals surface area contributed by atoms with Gasteiger partial charge in [-0.3, -0.25) is 14.4 Å².